The summed E-state index contributed by atoms with van der Waals surface area (Å²) in [6, 6.07) is 9.16. The summed E-state index contributed by atoms with van der Waals surface area (Å²) in [7, 11) is 0. The molecule has 2 heterocycles. The van der Waals surface area contributed by atoms with Gasteiger partial charge in [0.25, 0.3) is 0 Å². The number of hydrogen-bond donors (Lipinski definition) is 0. The maximum absolute atomic E-state index is 14.2. The number of esters is 2. The number of nitrogens with zero attached hydrogens (tertiary/aromatic N) is 4. The van der Waals surface area contributed by atoms with Crippen molar-refractivity contribution in [1.29, 1.82) is 0 Å². The maximum atomic E-state index is 14.2. The third kappa shape index (κ3) is 10.8. The standard InChI is InChI=1S/C18H22ClNO3.C15H14Cl2F3N3O3/c1-3-4-5-7-13(2)23-17(21)12-22-16-10-9-15(19)14-8-6-11-20-18(14)16;1-3-26-13(24)10(17)4-8-5-12(11(18)6-9(8)16)23-15(25)22(14(19)20)7(2)21-23/h6,8-11,13H,3-5,7,12H2,1-2H3;5-6,10,14H,3-4H2,1-2H3. The van der Waals surface area contributed by atoms with Gasteiger partial charge in [0.2, 0.25) is 0 Å². The second-order valence-electron chi connectivity index (χ2n) is 10.7. The Hall–Kier alpha value is -3.81. The van der Waals surface area contributed by atoms with E-state index in [0.29, 0.717) is 21.0 Å². The van der Waals surface area contributed by atoms with Gasteiger partial charge in [0.15, 0.2) is 12.4 Å². The average molecular weight is 748 g/mol. The molecule has 16 heteroatoms. The predicted octanol–water partition coefficient (Wildman–Crippen LogP) is 8.02. The number of aryl methyl sites for hydroxylation is 1. The molecule has 0 amide bonds. The minimum absolute atomic E-state index is 0.0424. The number of hydrogen-bond acceptors (Lipinski definition) is 8. The molecule has 49 heavy (non-hydrogen) atoms. The van der Waals surface area contributed by atoms with Gasteiger partial charge in [-0.25, -0.2) is 18.5 Å². The Labute approximate surface area is 296 Å². The number of ether oxygens (including phenoxy) is 3. The zero-order valence-electron chi connectivity index (χ0n) is 27.2. The Bertz CT molecular complexity index is 1800. The molecule has 10 nitrogen and oxygen atoms in total. The summed E-state index contributed by atoms with van der Waals surface area (Å²) in [5, 5.41) is 3.92. The molecular weight excluding hydrogens is 712 g/mol. The van der Waals surface area contributed by atoms with Crippen LogP contribution in [0.5, 0.6) is 5.75 Å². The highest BCUT2D eigenvalue weighted by atomic mass is 35.5. The van der Waals surface area contributed by atoms with E-state index >= 15 is 0 Å². The fourth-order valence-electron chi connectivity index (χ4n) is 4.63. The number of carbonyl (C=O) groups is 2. The molecule has 2 aromatic heterocycles. The SMILES string of the molecule is CCCCCC(C)OC(=O)COc1ccc(Cl)c2cccnc12.CCOC(=O)C(Cl)Cc1cc(-n2nc(C)n(C(F)F)c2=O)c(F)cc1Cl. The summed E-state index contributed by atoms with van der Waals surface area (Å²) in [5.41, 5.74) is -0.724. The van der Waals surface area contributed by atoms with Gasteiger partial charge in [-0.1, -0.05) is 43.0 Å². The number of rotatable bonds is 14. The van der Waals surface area contributed by atoms with Crippen LogP contribution in [0.4, 0.5) is 13.2 Å². The van der Waals surface area contributed by atoms with Crippen molar-refractivity contribution in [3.8, 4) is 11.4 Å². The van der Waals surface area contributed by atoms with E-state index in [1.807, 2.05) is 19.1 Å². The number of benzene rings is 2. The molecule has 2 atom stereocenters. The summed E-state index contributed by atoms with van der Waals surface area (Å²) in [6.45, 7) is 3.73. The van der Waals surface area contributed by atoms with Gasteiger partial charge < -0.3 is 14.2 Å². The normalized spacial score (nSPS) is 12.3. The van der Waals surface area contributed by atoms with Gasteiger partial charge in [0.1, 0.15) is 28.2 Å². The number of halogens is 6. The Balaban J connectivity index is 0.000000267. The van der Waals surface area contributed by atoms with Crippen LogP contribution in [0.2, 0.25) is 10.0 Å². The summed E-state index contributed by atoms with van der Waals surface area (Å²) >= 11 is 18.0. The first kappa shape index (κ1) is 39.6. The van der Waals surface area contributed by atoms with Crippen molar-refractivity contribution < 1.29 is 37.0 Å². The van der Waals surface area contributed by atoms with Crippen molar-refractivity contribution in [3.05, 3.63) is 80.3 Å². The highest BCUT2D eigenvalue weighted by Gasteiger charge is 2.24. The molecule has 0 N–H and O–H groups in total. The third-order valence-electron chi connectivity index (χ3n) is 7.03. The molecule has 0 bridgehead atoms. The van der Waals surface area contributed by atoms with Gasteiger partial charge in [-0.15, -0.1) is 16.7 Å². The molecule has 4 aromatic rings. The highest BCUT2D eigenvalue weighted by Crippen LogP contribution is 2.30. The van der Waals surface area contributed by atoms with E-state index in [4.69, 9.17) is 49.0 Å². The summed E-state index contributed by atoms with van der Waals surface area (Å²) in [6.07, 6.45) is 5.72. The Morgan fingerprint density at radius 1 is 1.06 bits per heavy atom. The van der Waals surface area contributed by atoms with Crippen molar-refractivity contribution in [2.75, 3.05) is 13.2 Å². The molecule has 0 radical (unpaired) electrons. The molecule has 2 unspecified atom stereocenters. The van der Waals surface area contributed by atoms with Crippen LogP contribution >= 0.6 is 34.8 Å². The molecular formula is C33H36Cl3F3N4O6. The van der Waals surface area contributed by atoms with Gasteiger partial charge in [-0.2, -0.15) is 13.5 Å². The van der Waals surface area contributed by atoms with Crippen LogP contribution in [0.3, 0.4) is 0 Å². The maximum Gasteiger partial charge on any atom is 0.355 e. The molecule has 0 saturated carbocycles. The predicted molar refractivity (Wildman–Crippen MR) is 181 cm³/mol. The van der Waals surface area contributed by atoms with Crippen molar-refractivity contribution in [2.24, 2.45) is 0 Å². The monoisotopic (exact) mass is 746 g/mol. The van der Waals surface area contributed by atoms with Crippen LogP contribution in [0.1, 0.15) is 64.4 Å². The molecule has 0 spiro atoms. The van der Waals surface area contributed by atoms with Crippen LogP contribution in [0.15, 0.2) is 47.4 Å². The van der Waals surface area contributed by atoms with Crippen LogP contribution in [-0.2, 0) is 25.5 Å². The summed E-state index contributed by atoms with van der Waals surface area (Å²) < 4.78 is 56.4. The zero-order valence-corrected chi connectivity index (χ0v) is 29.5. The van der Waals surface area contributed by atoms with Crippen LogP contribution in [-0.4, -0.2) is 56.0 Å². The molecule has 266 valence electrons. The summed E-state index contributed by atoms with van der Waals surface area (Å²) in [4.78, 5) is 39.8. The van der Waals surface area contributed by atoms with E-state index in [1.165, 1.54) is 6.92 Å². The van der Waals surface area contributed by atoms with Crippen molar-refractivity contribution in [3.63, 3.8) is 0 Å². The van der Waals surface area contributed by atoms with Crippen molar-refractivity contribution >= 4 is 57.6 Å². The Morgan fingerprint density at radius 2 is 1.80 bits per heavy atom. The Kier molecular flexibility index (Phi) is 15.2. The molecule has 0 aliphatic rings. The van der Waals surface area contributed by atoms with Crippen molar-refractivity contribution in [1.82, 2.24) is 19.3 Å². The minimum Gasteiger partial charge on any atom is -0.480 e. The minimum atomic E-state index is -3.12. The third-order valence-corrected chi connectivity index (χ3v) is 8.05. The first-order valence-corrected chi connectivity index (χ1v) is 16.6. The van der Waals surface area contributed by atoms with E-state index in [0.717, 1.165) is 43.2 Å². The first-order chi connectivity index (χ1) is 23.3. The fourth-order valence-corrected chi connectivity index (χ4v) is 5.30. The van der Waals surface area contributed by atoms with E-state index in [9.17, 15) is 27.6 Å². The number of fused-ring (bicyclic) bond motifs is 1. The van der Waals surface area contributed by atoms with Crippen LogP contribution in [0, 0.1) is 12.7 Å². The van der Waals surface area contributed by atoms with Crippen LogP contribution in [0.25, 0.3) is 16.6 Å². The first-order valence-electron chi connectivity index (χ1n) is 15.4. The van der Waals surface area contributed by atoms with E-state index in [2.05, 4.69) is 17.0 Å². The summed E-state index contributed by atoms with van der Waals surface area (Å²) in [5.74, 6) is -1.76. The molecule has 0 fully saturated rings. The number of aromatic nitrogens is 4. The van der Waals surface area contributed by atoms with Gasteiger partial charge in [0, 0.05) is 23.0 Å². The quantitative estimate of drug-likeness (QED) is 0.0724. The number of unbranched alkanes of at least 4 members (excludes halogenated alkanes) is 2. The Morgan fingerprint density at radius 3 is 2.45 bits per heavy atom. The molecule has 0 aliphatic carbocycles. The second-order valence-corrected chi connectivity index (χ2v) is 12.1. The van der Waals surface area contributed by atoms with Gasteiger partial charge in [-0.05, 0) is 75.6 Å². The van der Waals surface area contributed by atoms with E-state index < -0.39 is 29.4 Å². The lowest BCUT2D eigenvalue weighted by Gasteiger charge is -2.14. The fraction of sp³-hybridized carbons (Fsp3) is 0.424. The second kappa shape index (κ2) is 18.8. The topological polar surface area (TPSA) is 115 Å². The van der Waals surface area contributed by atoms with E-state index in [1.54, 1.807) is 25.3 Å². The zero-order chi connectivity index (χ0) is 36.2. The number of pyridine rings is 1. The van der Waals surface area contributed by atoms with Crippen LogP contribution < -0.4 is 10.4 Å². The smallest absolute Gasteiger partial charge is 0.355 e. The highest BCUT2D eigenvalue weighted by molar-refractivity contribution is 6.35. The van der Waals surface area contributed by atoms with Gasteiger partial charge in [-0.3, -0.25) is 9.78 Å². The molecule has 4 rings (SSSR count). The lowest BCUT2D eigenvalue weighted by molar-refractivity contribution is -0.151. The van der Waals surface area contributed by atoms with E-state index in [-0.39, 0.29) is 58.4 Å². The van der Waals surface area contributed by atoms with Gasteiger partial charge >= 0.3 is 24.2 Å². The average Bonchev–Trinajstić information content (AvgIpc) is 3.35. The lowest BCUT2D eigenvalue weighted by Crippen LogP contribution is -2.25. The molecule has 0 aliphatic heterocycles. The largest absolute Gasteiger partial charge is 0.480 e. The lowest BCUT2D eigenvalue weighted by atomic mass is 10.1. The number of carbonyl (C=O) groups excluding carboxylic acids is 2. The molecule has 0 saturated heterocycles. The molecule has 2 aromatic carbocycles. The van der Waals surface area contributed by atoms with Crippen molar-refractivity contribution in [2.45, 2.75) is 77.8 Å². The van der Waals surface area contributed by atoms with Gasteiger partial charge in [0.05, 0.1) is 17.7 Å². The number of alkyl halides is 3.